The number of hydrogen-bond acceptors (Lipinski definition) is 4. The topological polar surface area (TPSA) is 45.7 Å². The molecule has 4 rings (SSSR count). The van der Waals surface area contributed by atoms with Crippen LogP contribution in [0.3, 0.4) is 0 Å². The molecule has 1 saturated carbocycles. The van der Waals surface area contributed by atoms with E-state index in [-0.39, 0.29) is 5.91 Å². The van der Waals surface area contributed by atoms with Crippen LogP contribution in [0, 0.1) is 5.92 Å². The number of pyridine rings is 1. The summed E-state index contributed by atoms with van der Waals surface area (Å²) in [5.41, 5.74) is 1.88. The van der Waals surface area contributed by atoms with Crippen LogP contribution in [0.15, 0.2) is 48.7 Å². The lowest BCUT2D eigenvalue weighted by atomic mass is 10.2. The van der Waals surface area contributed by atoms with Crippen LogP contribution in [0.4, 0.5) is 5.69 Å². The minimum Gasteiger partial charge on any atom is -0.477 e. The van der Waals surface area contributed by atoms with Crippen LogP contribution in [0.1, 0.15) is 23.2 Å². The third kappa shape index (κ3) is 3.92. The number of nitrogens with zero attached hydrogens (tertiary/aromatic N) is 3. The van der Waals surface area contributed by atoms with Gasteiger partial charge in [0.25, 0.3) is 5.91 Å². The molecule has 130 valence electrons. The average molecular weight is 337 g/mol. The Morgan fingerprint density at radius 1 is 1.08 bits per heavy atom. The number of para-hydroxylation sites is 1. The van der Waals surface area contributed by atoms with E-state index in [1.807, 2.05) is 23.1 Å². The van der Waals surface area contributed by atoms with Crippen LogP contribution in [-0.2, 0) is 0 Å². The smallest absolute Gasteiger partial charge is 0.254 e. The summed E-state index contributed by atoms with van der Waals surface area (Å²) in [6.45, 7) is 3.88. The van der Waals surface area contributed by atoms with Gasteiger partial charge >= 0.3 is 0 Å². The van der Waals surface area contributed by atoms with E-state index in [0.717, 1.165) is 26.2 Å². The van der Waals surface area contributed by atoms with Crippen molar-refractivity contribution >= 4 is 11.6 Å². The van der Waals surface area contributed by atoms with E-state index < -0.39 is 0 Å². The zero-order chi connectivity index (χ0) is 17.1. The Kier molecular flexibility index (Phi) is 4.55. The number of hydrogen-bond donors (Lipinski definition) is 0. The van der Waals surface area contributed by atoms with Gasteiger partial charge in [-0.05, 0) is 37.0 Å². The van der Waals surface area contributed by atoms with E-state index in [4.69, 9.17) is 4.74 Å². The van der Waals surface area contributed by atoms with Crippen molar-refractivity contribution in [1.82, 2.24) is 9.88 Å². The van der Waals surface area contributed by atoms with Crippen molar-refractivity contribution < 1.29 is 9.53 Å². The fourth-order valence-electron chi connectivity index (χ4n) is 3.10. The molecule has 0 radical (unpaired) electrons. The first-order valence-electron chi connectivity index (χ1n) is 8.98. The van der Waals surface area contributed by atoms with Gasteiger partial charge in [-0.15, -0.1) is 0 Å². The molecule has 2 fully saturated rings. The van der Waals surface area contributed by atoms with Crippen LogP contribution in [0.2, 0.25) is 0 Å². The summed E-state index contributed by atoms with van der Waals surface area (Å²) < 4.78 is 5.69. The maximum Gasteiger partial charge on any atom is 0.254 e. The molecule has 0 N–H and O–H groups in total. The molecule has 0 unspecified atom stereocenters. The van der Waals surface area contributed by atoms with Gasteiger partial charge in [0.2, 0.25) is 5.88 Å². The summed E-state index contributed by atoms with van der Waals surface area (Å²) in [7, 11) is 0. The molecule has 1 aliphatic carbocycles. The lowest BCUT2D eigenvalue weighted by Gasteiger charge is -2.36. The van der Waals surface area contributed by atoms with Gasteiger partial charge in [-0.2, -0.15) is 0 Å². The first-order valence-corrected chi connectivity index (χ1v) is 8.98. The molecule has 1 aliphatic heterocycles. The highest BCUT2D eigenvalue weighted by Crippen LogP contribution is 2.29. The Morgan fingerprint density at radius 2 is 1.84 bits per heavy atom. The summed E-state index contributed by atoms with van der Waals surface area (Å²) in [5, 5.41) is 0. The van der Waals surface area contributed by atoms with Crippen molar-refractivity contribution in [2.75, 3.05) is 37.7 Å². The number of amides is 1. The number of piperazine rings is 1. The van der Waals surface area contributed by atoms with Gasteiger partial charge < -0.3 is 14.5 Å². The zero-order valence-electron chi connectivity index (χ0n) is 14.3. The molecule has 1 aromatic carbocycles. The number of anilines is 1. The molecule has 1 aromatic heterocycles. The minimum absolute atomic E-state index is 0.0615. The SMILES string of the molecule is O=C(c1ccnc(OCC2CC2)c1)N1CCN(c2ccccc2)CC1. The number of carbonyl (C=O) groups is 1. The van der Waals surface area contributed by atoms with E-state index in [2.05, 4.69) is 22.0 Å². The van der Waals surface area contributed by atoms with Crippen LogP contribution in [-0.4, -0.2) is 48.6 Å². The van der Waals surface area contributed by atoms with E-state index in [1.54, 1.807) is 18.3 Å². The predicted molar refractivity (Wildman–Crippen MR) is 97.0 cm³/mol. The maximum atomic E-state index is 12.8. The zero-order valence-corrected chi connectivity index (χ0v) is 14.3. The number of rotatable bonds is 5. The molecular weight excluding hydrogens is 314 g/mol. The first-order chi connectivity index (χ1) is 12.3. The van der Waals surface area contributed by atoms with Crippen LogP contribution < -0.4 is 9.64 Å². The van der Waals surface area contributed by atoms with Gasteiger partial charge in [-0.1, -0.05) is 18.2 Å². The van der Waals surface area contributed by atoms with Crippen LogP contribution in [0.5, 0.6) is 5.88 Å². The monoisotopic (exact) mass is 337 g/mol. The normalized spacial score (nSPS) is 17.4. The Balaban J connectivity index is 1.36. The standard InChI is InChI=1S/C20H23N3O2/c24-20(17-8-9-21-19(14-17)25-15-16-6-7-16)23-12-10-22(11-13-23)18-4-2-1-3-5-18/h1-5,8-9,14,16H,6-7,10-13,15H2. The fourth-order valence-corrected chi connectivity index (χ4v) is 3.10. The van der Waals surface area contributed by atoms with Gasteiger partial charge in [0, 0.05) is 49.7 Å². The highest BCUT2D eigenvalue weighted by atomic mass is 16.5. The summed E-state index contributed by atoms with van der Waals surface area (Å²) in [4.78, 5) is 21.2. The summed E-state index contributed by atoms with van der Waals surface area (Å²) >= 11 is 0. The number of benzene rings is 1. The quantitative estimate of drug-likeness (QED) is 0.842. The molecule has 2 heterocycles. The van der Waals surface area contributed by atoms with Gasteiger partial charge in [-0.3, -0.25) is 4.79 Å². The van der Waals surface area contributed by atoms with Gasteiger partial charge in [0.05, 0.1) is 6.61 Å². The summed E-state index contributed by atoms with van der Waals surface area (Å²) in [6, 6.07) is 13.9. The van der Waals surface area contributed by atoms with Crippen LogP contribution >= 0.6 is 0 Å². The second kappa shape index (κ2) is 7.13. The molecule has 2 aliphatic rings. The highest BCUT2D eigenvalue weighted by molar-refractivity contribution is 5.94. The van der Waals surface area contributed by atoms with E-state index in [9.17, 15) is 4.79 Å². The van der Waals surface area contributed by atoms with Crippen molar-refractivity contribution in [3.63, 3.8) is 0 Å². The Bertz CT molecular complexity index is 723. The maximum absolute atomic E-state index is 12.8. The largest absolute Gasteiger partial charge is 0.477 e. The molecule has 1 saturated heterocycles. The molecule has 0 bridgehead atoms. The van der Waals surface area contributed by atoms with Crippen LogP contribution in [0.25, 0.3) is 0 Å². The van der Waals surface area contributed by atoms with Gasteiger partial charge in [0.15, 0.2) is 0 Å². The number of aromatic nitrogens is 1. The Labute approximate surface area is 148 Å². The van der Waals surface area contributed by atoms with Gasteiger partial charge in [0.1, 0.15) is 0 Å². The Hall–Kier alpha value is -2.56. The highest BCUT2D eigenvalue weighted by Gasteiger charge is 2.24. The van der Waals surface area contributed by atoms with E-state index in [0.29, 0.717) is 24.0 Å². The van der Waals surface area contributed by atoms with Crippen molar-refractivity contribution in [1.29, 1.82) is 0 Å². The lowest BCUT2D eigenvalue weighted by molar-refractivity contribution is 0.0746. The number of ether oxygens (including phenoxy) is 1. The fraction of sp³-hybridized carbons (Fsp3) is 0.400. The summed E-state index contributed by atoms with van der Waals surface area (Å²) in [5.74, 6) is 1.29. The number of carbonyl (C=O) groups excluding carboxylic acids is 1. The molecule has 0 atom stereocenters. The van der Waals surface area contributed by atoms with Crippen molar-refractivity contribution in [3.05, 3.63) is 54.2 Å². The minimum atomic E-state index is 0.0615. The third-order valence-corrected chi connectivity index (χ3v) is 4.83. The third-order valence-electron chi connectivity index (χ3n) is 4.83. The average Bonchev–Trinajstić information content (AvgIpc) is 3.51. The molecule has 5 nitrogen and oxygen atoms in total. The van der Waals surface area contributed by atoms with E-state index >= 15 is 0 Å². The molecule has 2 aromatic rings. The van der Waals surface area contributed by atoms with E-state index in [1.165, 1.54) is 18.5 Å². The molecule has 0 spiro atoms. The van der Waals surface area contributed by atoms with Crippen molar-refractivity contribution in [3.8, 4) is 5.88 Å². The molecular formula is C20H23N3O2. The molecule has 1 amide bonds. The first kappa shape index (κ1) is 15.9. The molecule has 25 heavy (non-hydrogen) atoms. The Morgan fingerprint density at radius 3 is 2.56 bits per heavy atom. The second-order valence-corrected chi connectivity index (χ2v) is 6.75. The van der Waals surface area contributed by atoms with Crippen molar-refractivity contribution in [2.45, 2.75) is 12.8 Å². The van der Waals surface area contributed by atoms with Gasteiger partial charge in [-0.25, -0.2) is 4.98 Å². The molecule has 5 heteroatoms. The predicted octanol–water partition coefficient (Wildman–Crippen LogP) is 2.83. The lowest BCUT2D eigenvalue weighted by Crippen LogP contribution is -2.48. The summed E-state index contributed by atoms with van der Waals surface area (Å²) in [6.07, 6.45) is 4.14. The van der Waals surface area contributed by atoms with Crippen molar-refractivity contribution in [2.24, 2.45) is 5.92 Å². The second-order valence-electron chi connectivity index (χ2n) is 6.75.